The molecule has 0 aliphatic heterocycles. The first-order valence-electron chi connectivity index (χ1n) is 7.53. The fourth-order valence-electron chi connectivity index (χ4n) is 2.65. The van der Waals surface area contributed by atoms with Crippen molar-refractivity contribution in [1.29, 1.82) is 0 Å². The van der Waals surface area contributed by atoms with E-state index in [4.69, 9.17) is 17.3 Å². The third-order valence-electron chi connectivity index (χ3n) is 3.79. The molecule has 0 aliphatic rings. The fraction of sp³-hybridized carbons (Fsp3) is 0.176. The second-order valence-electron chi connectivity index (χ2n) is 5.61. The summed E-state index contributed by atoms with van der Waals surface area (Å²) in [5.74, 6) is 0.452. The van der Waals surface area contributed by atoms with Crippen LogP contribution in [0.1, 0.15) is 5.82 Å². The Morgan fingerprint density at radius 2 is 1.92 bits per heavy atom. The van der Waals surface area contributed by atoms with E-state index in [2.05, 4.69) is 4.98 Å². The van der Waals surface area contributed by atoms with E-state index in [0.717, 1.165) is 6.26 Å². The van der Waals surface area contributed by atoms with E-state index in [1.165, 1.54) is 16.7 Å². The smallest absolute Gasteiger partial charge is 0.267 e. The van der Waals surface area contributed by atoms with Gasteiger partial charge in [-0.05, 0) is 36.9 Å². The lowest BCUT2D eigenvalue weighted by atomic mass is 10.2. The van der Waals surface area contributed by atoms with Crippen LogP contribution in [0.3, 0.4) is 0 Å². The van der Waals surface area contributed by atoms with Crippen molar-refractivity contribution >= 4 is 32.3 Å². The molecule has 0 spiro atoms. The molecule has 0 atom stereocenters. The van der Waals surface area contributed by atoms with Gasteiger partial charge in [-0.3, -0.25) is 9.36 Å². The van der Waals surface area contributed by atoms with Gasteiger partial charge in [0.25, 0.3) is 5.56 Å². The minimum absolute atomic E-state index is 0.120. The molecule has 0 amide bonds. The summed E-state index contributed by atoms with van der Waals surface area (Å²) in [5, 5.41) is 0.581. The van der Waals surface area contributed by atoms with Crippen LogP contribution in [-0.2, 0) is 16.3 Å². The maximum absolute atomic E-state index is 13.1. The van der Waals surface area contributed by atoms with Crippen molar-refractivity contribution in [2.45, 2.75) is 11.3 Å². The van der Waals surface area contributed by atoms with Crippen molar-refractivity contribution in [1.82, 2.24) is 9.55 Å². The molecule has 0 aliphatic carbocycles. The first-order valence-corrected chi connectivity index (χ1v) is 9.80. The van der Waals surface area contributed by atoms with Crippen molar-refractivity contribution in [3.8, 4) is 5.69 Å². The first-order chi connectivity index (χ1) is 11.8. The van der Waals surface area contributed by atoms with E-state index in [-0.39, 0.29) is 15.8 Å². The van der Waals surface area contributed by atoms with E-state index < -0.39 is 9.84 Å². The standard InChI is InChI=1S/C17H16ClN3O3S/c1-25(23,24)12-5-2-4-11(10-12)21-15(8-9-19)20-14-7-3-6-13(18)16(14)17(21)22/h2-7,10H,8-9,19H2,1H3. The molecule has 0 saturated heterocycles. The molecule has 2 N–H and O–H groups in total. The number of hydrogen-bond donors (Lipinski definition) is 1. The van der Waals surface area contributed by atoms with Crippen LogP contribution >= 0.6 is 11.6 Å². The van der Waals surface area contributed by atoms with Gasteiger partial charge < -0.3 is 5.73 Å². The normalized spacial score (nSPS) is 11.8. The Hall–Kier alpha value is -2.22. The van der Waals surface area contributed by atoms with Crippen molar-refractivity contribution in [3.05, 3.63) is 63.7 Å². The Balaban J connectivity index is 2.39. The lowest BCUT2D eigenvalue weighted by Gasteiger charge is -2.14. The fourth-order valence-corrected chi connectivity index (χ4v) is 3.56. The highest BCUT2D eigenvalue weighted by Gasteiger charge is 2.16. The molecular weight excluding hydrogens is 362 g/mol. The predicted octanol–water partition coefficient (Wildman–Crippen LogP) is 1.94. The maximum atomic E-state index is 13.1. The quantitative estimate of drug-likeness (QED) is 0.749. The molecule has 3 aromatic rings. The molecule has 8 heteroatoms. The van der Waals surface area contributed by atoms with Gasteiger partial charge in [-0.25, -0.2) is 13.4 Å². The summed E-state index contributed by atoms with van der Waals surface area (Å²) in [7, 11) is -3.41. The van der Waals surface area contributed by atoms with Crippen LogP contribution in [0.25, 0.3) is 16.6 Å². The Kier molecular flexibility index (Phi) is 4.64. The van der Waals surface area contributed by atoms with Crippen LogP contribution in [0, 0.1) is 0 Å². The largest absolute Gasteiger partial charge is 0.330 e. The summed E-state index contributed by atoms with van der Waals surface area (Å²) in [6, 6.07) is 11.2. The molecular formula is C17H16ClN3O3S. The molecule has 6 nitrogen and oxygen atoms in total. The third kappa shape index (κ3) is 3.30. The topological polar surface area (TPSA) is 95.1 Å². The van der Waals surface area contributed by atoms with Crippen molar-refractivity contribution < 1.29 is 8.42 Å². The highest BCUT2D eigenvalue weighted by atomic mass is 35.5. The van der Waals surface area contributed by atoms with Crippen molar-refractivity contribution in [2.75, 3.05) is 12.8 Å². The van der Waals surface area contributed by atoms with E-state index in [9.17, 15) is 13.2 Å². The molecule has 1 aromatic heterocycles. The number of benzene rings is 2. The number of nitrogens with two attached hydrogens (primary N) is 1. The number of sulfone groups is 1. The van der Waals surface area contributed by atoms with Crippen LogP contribution in [0.2, 0.25) is 5.02 Å². The maximum Gasteiger partial charge on any atom is 0.267 e. The first kappa shape index (κ1) is 17.6. The minimum Gasteiger partial charge on any atom is -0.330 e. The van der Waals surface area contributed by atoms with Crippen LogP contribution in [0.15, 0.2) is 52.2 Å². The van der Waals surface area contributed by atoms with Gasteiger partial charge in [-0.1, -0.05) is 23.7 Å². The Bertz CT molecular complexity index is 1120. The summed E-state index contributed by atoms with van der Waals surface area (Å²) in [4.78, 5) is 17.7. The SMILES string of the molecule is CS(=O)(=O)c1cccc(-n2c(CCN)nc3cccc(Cl)c3c2=O)c1. The highest BCUT2D eigenvalue weighted by molar-refractivity contribution is 7.90. The van der Waals surface area contributed by atoms with Gasteiger partial charge >= 0.3 is 0 Å². The summed E-state index contributed by atoms with van der Waals surface area (Å²) < 4.78 is 25.0. The number of aromatic nitrogens is 2. The zero-order valence-corrected chi connectivity index (χ0v) is 15.0. The summed E-state index contributed by atoms with van der Waals surface area (Å²) >= 11 is 6.18. The van der Waals surface area contributed by atoms with Gasteiger partial charge in [0.2, 0.25) is 0 Å². The van der Waals surface area contributed by atoms with Gasteiger partial charge in [-0.2, -0.15) is 0 Å². The molecule has 0 unspecified atom stereocenters. The molecule has 0 bridgehead atoms. The molecule has 1 heterocycles. The lowest BCUT2D eigenvalue weighted by Crippen LogP contribution is -2.26. The molecule has 0 fully saturated rings. The number of fused-ring (bicyclic) bond motifs is 1. The number of hydrogen-bond acceptors (Lipinski definition) is 5. The van der Waals surface area contributed by atoms with Crippen LogP contribution in [0.4, 0.5) is 0 Å². The molecule has 2 aromatic carbocycles. The number of nitrogens with zero attached hydrogens (tertiary/aromatic N) is 2. The summed E-state index contributed by atoms with van der Waals surface area (Å²) in [6.45, 7) is 0.296. The highest BCUT2D eigenvalue weighted by Crippen LogP contribution is 2.21. The second-order valence-corrected chi connectivity index (χ2v) is 8.03. The van der Waals surface area contributed by atoms with Gasteiger partial charge in [-0.15, -0.1) is 0 Å². The zero-order chi connectivity index (χ0) is 18.2. The average Bonchev–Trinajstić information content (AvgIpc) is 2.54. The molecule has 0 saturated carbocycles. The monoisotopic (exact) mass is 377 g/mol. The zero-order valence-electron chi connectivity index (χ0n) is 13.4. The predicted molar refractivity (Wildman–Crippen MR) is 98.2 cm³/mol. The van der Waals surface area contributed by atoms with Gasteiger partial charge in [0, 0.05) is 12.7 Å². The van der Waals surface area contributed by atoms with E-state index in [1.807, 2.05) is 0 Å². The van der Waals surface area contributed by atoms with Crippen molar-refractivity contribution in [3.63, 3.8) is 0 Å². The van der Waals surface area contributed by atoms with E-state index in [0.29, 0.717) is 35.0 Å². The van der Waals surface area contributed by atoms with Gasteiger partial charge in [0.1, 0.15) is 5.82 Å². The Morgan fingerprint density at radius 3 is 2.60 bits per heavy atom. The minimum atomic E-state index is -3.41. The Morgan fingerprint density at radius 1 is 1.20 bits per heavy atom. The second kappa shape index (κ2) is 6.59. The molecule has 130 valence electrons. The number of rotatable bonds is 4. The molecule has 0 radical (unpaired) electrons. The third-order valence-corrected chi connectivity index (χ3v) is 5.21. The summed E-state index contributed by atoms with van der Waals surface area (Å²) in [5.41, 5.74) is 6.19. The lowest BCUT2D eigenvalue weighted by molar-refractivity contribution is 0.601. The number of halogens is 1. The van der Waals surface area contributed by atoms with Crippen LogP contribution in [0.5, 0.6) is 0 Å². The van der Waals surface area contributed by atoms with E-state index >= 15 is 0 Å². The van der Waals surface area contributed by atoms with Gasteiger partial charge in [0.05, 0.1) is 26.5 Å². The molecule has 25 heavy (non-hydrogen) atoms. The van der Waals surface area contributed by atoms with Crippen LogP contribution in [-0.4, -0.2) is 30.8 Å². The Labute approximate surface area is 149 Å². The van der Waals surface area contributed by atoms with E-state index in [1.54, 1.807) is 30.3 Å². The summed E-state index contributed by atoms with van der Waals surface area (Å²) in [6.07, 6.45) is 1.48. The van der Waals surface area contributed by atoms with Crippen molar-refractivity contribution in [2.24, 2.45) is 5.73 Å². The molecule has 3 rings (SSSR count). The van der Waals surface area contributed by atoms with Crippen LogP contribution < -0.4 is 11.3 Å². The van der Waals surface area contributed by atoms with Gasteiger partial charge in [0.15, 0.2) is 9.84 Å². The average molecular weight is 378 g/mol.